The molecule has 4 heteroatoms. The van der Waals surface area contributed by atoms with Gasteiger partial charge < -0.3 is 9.84 Å². The Morgan fingerprint density at radius 3 is 3.07 bits per heavy atom. The van der Waals surface area contributed by atoms with Gasteiger partial charge in [-0.15, -0.1) is 0 Å². The maximum absolute atomic E-state index is 10.9. The van der Waals surface area contributed by atoms with Gasteiger partial charge in [-0.1, -0.05) is 6.92 Å². The second-order valence-corrected chi connectivity index (χ2v) is 3.86. The second kappa shape index (κ2) is 3.31. The van der Waals surface area contributed by atoms with Gasteiger partial charge in [-0.05, 0) is 25.0 Å². The van der Waals surface area contributed by atoms with Crippen molar-refractivity contribution in [2.24, 2.45) is 0 Å². The van der Waals surface area contributed by atoms with Crippen molar-refractivity contribution in [3.05, 3.63) is 29.1 Å². The smallest absolute Gasteiger partial charge is 0.354 e. The summed E-state index contributed by atoms with van der Waals surface area (Å²) in [7, 11) is 0. The zero-order valence-electron chi connectivity index (χ0n) is 8.78. The number of ether oxygens (including phenoxy) is 1. The number of hydrogen-bond donors (Lipinski definition) is 1. The normalized spacial score (nSPS) is 23.9. The SMILES string of the molecule is CC[C@@]1(C)OCc2c1ccnc2C(=O)O. The van der Waals surface area contributed by atoms with Gasteiger partial charge in [0.05, 0.1) is 12.2 Å². The van der Waals surface area contributed by atoms with Crippen LogP contribution in [0.3, 0.4) is 0 Å². The van der Waals surface area contributed by atoms with Crippen molar-refractivity contribution >= 4 is 5.97 Å². The molecule has 0 aromatic carbocycles. The van der Waals surface area contributed by atoms with Gasteiger partial charge in [-0.25, -0.2) is 9.78 Å². The highest BCUT2D eigenvalue weighted by Crippen LogP contribution is 2.39. The second-order valence-electron chi connectivity index (χ2n) is 3.86. The molecule has 0 spiro atoms. The van der Waals surface area contributed by atoms with Crippen molar-refractivity contribution in [2.45, 2.75) is 32.5 Å². The van der Waals surface area contributed by atoms with E-state index in [0.29, 0.717) is 12.2 Å². The average molecular weight is 207 g/mol. The van der Waals surface area contributed by atoms with Crippen LogP contribution < -0.4 is 0 Å². The van der Waals surface area contributed by atoms with Gasteiger partial charge in [0.25, 0.3) is 0 Å². The molecular formula is C11H13NO3. The summed E-state index contributed by atoms with van der Waals surface area (Å²) >= 11 is 0. The summed E-state index contributed by atoms with van der Waals surface area (Å²) in [4.78, 5) is 14.8. The summed E-state index contributed by atoms with van der Waals surface area (Å²) in [6.07, 6.45) is 2.36. The van der Waals surface area contributed by atoms with Crippen LogP contribution in [-0.4, -0.2) is 16.1 Å². The molecule has 1 atom stereocenters. The zero-order chi connectivity index (χ0) is 11.1. The van der Waals surface area contributed by atoms with Crippen molar-refractivity contribution in [2.75, 3.05) is 0 Å². The fourth-order valence-electron chi connectivity index (χ4n) is 1.92. The van der Waals surface area contributed by atoms with Crippen LogP contribution in [0.4, 0.5) is 0 Å². The molecule has 1 aliphatic heterocycles. The molecule has 1 aromatic rings. The number of aromatic carboxylic acids is 1. The number of aromatic nitrogens is 1. The van der Waals surface area contributed by atoms with E-state index in [1.165, 1.54) is 6.20 Å². The van der Waals surface area contributed by atoms with Gasteiger partial charge in [-0.3, -0.25) is 0 Å². The molecule has 0 bridgehead atoms. The van der Waals surface area contributed by atoms with Gasteiger partial charge in [0, 0.05) is 11.8 Å². The lowest BCUT2D eigenvalue weighted by molar-refractivity contribution is -0.0261. The van der Waals surface area contributed by atoms with Crippen LogP contribution in [0.1, 0.15) is 41.9 Å². The third kappa shape index (κ3) is 1.41. The molecule has 1 N–H and O–H groups in total. The summed E-state index contributed by atoms with van der Waals surface area (Å²) in [5.41, 5.74) is 1.43. The van der Waals surface area contributed by atoms with Gasteiger partial charge in [-0.2, -0.15) is 0 Å². The van der Waals surface area contributed by atoms with Crippen LogP contribution >= 0.6 is 0 Å². The number of pyridine rings is 1. The molecule has 0 aliphatic carbocycles. The van der Waals surface area contributed by atoms with Gasteiger partial charge in [0.1, 0.15) is 0 Å². The molecule has 0 fully saturated rings. The number of nitrogens with zero attached hydrogens (tertiary/aromatic N) is 1. The number of rotatable bonds is 2. The van der Waals surface area contributed by atoms with E-state index in [1.807, 2.05) is 19.9 Å². The molecule has 0 saturated heterocycles. The first-order chi connectivity index (χ1) is 7.08. The lowest BCUT2D eigenvalue weighted by Gasteiger charge is -2.22. The van der Waals surface area contributed by atoms with Crippen molar-refractivity contribution in [3.63, 3.8) is 0 Å². The molecule has 2 rings (SSSR count). The zero-order valence-corrected chi connectivity index (χ0v) is 8.78. The Labute approximate surface area is 87.9 Å². The molecule has 0 unspecified atom stereocenters. The van der Waals surface area contributed by atoms with E-state index >= 15 is 0 Å². The van der Waals surface area contributed by atoms with E-state index in [-0.39, 0.29) is 11.3 Å². The maximum Gasteiger partial charge on any atom is 0.354 e. The first-order valence-electron chi connectivity index (χ1n) is 4.94. The minimum atomic E-state index is -0.990. The molecule has 0 amide bonds. The van der Waals surface area contributed by atoms with E-state index in [2.05, 4.69) is 4.98 Å². The third-order valence-electron chi connectivity index (χ3n) is 3.04. The molecule has 1 aliphatic rings. The highest BCUT2D eigenvalue weighted by molar-refractivity contribution is 5.87. The van der Waals surface area contributed by atoms with Crippen molar-refractivity contribution in [3.8, 4) is 0 Å². The molecular weight excluding hydrogens is 194 g/mol. The molecule has 0 radical (unpaired) electrons. The lowest BCUT2D eigenvalue weighted by Crippen LogP contribution is -2.19. The summed E-state index contributed by atoms with van der Waals surface area (Å²) in [6, 6.07) is 1.85. The predicted molar refractivity (Wildman–Crippen MR) is 53.6 cm³/mol. The van der Waals surface area contributed by atoms with E-state index in [9.17, 15) is 4.79 Å². The lowest BCUT2D eigenvalue weighted by atomic mass is 9.92. The first-order valence-corrected chi connectivity index (χ1v) is 4.94. The molecule has 1 aromatic heterocycles. The maximum atomic E-state index is 10.9. The summed E-state index contributed by atoms with van der Waals surface area (Å²) in [6.45, 7) is 4.34. The topological polar surface area (TPSA) is 59.4 Å². The summed E-state index contributed by atoms with van der Waals surface area (Å²) in [5, 5.41) is 8.97. The number of fused-ring (bicyclic) bond motifs is 1. The predicted octanol–water partition coefficient (Wildman–Crippen LogP) is 1.94. The number of hydrogen-bond acceptors (Lipinski definition) is 3. The van der Waals surface area contributed by atoms with Gasteiger partial charge in [0.2, 0.25) is 0 Å². The van der Waals surface area contributed by atoms with Crippen molar-refractivity contribution in [1.82, 2.24) is 4.98 Å². The quantitative estimate of drug-likeness (QED) is 0.805. The van der Waals surface area contributed by atoms with Crippen LogP contribution in [0, 0.1) is 0 Å². The average Bonchev–Trinajstić information content (AvgIpc) is 2.57. The van der Waals surface area contributed by atoms with E-state index < -0.39 is 5.97 Å². The highest BCUT2D eigenvalue weighted by atomic mass is 16.5. The molecule has 2 heterocycles. The minimum absolute atomic E-state index is 0.115. The van der Waals surface area contributed by atoms with E-state index in [4.69, 9.17) is 9.84 Å². The Hall–Kier alpha value is -1.42. The van der Waals surface area contributed by atoms with Gasteiger partial charge in [0.15, 0.2) is 5.69 Å². The Kier molecular flexibility index (Phi) is 2.23. The standard InChI is InChI=1S/C11H13NO3/c1-3-11(2)8-4-5-12-9(10(13)14)7(8)6-15-11/h4-5H,3,6H2,1-2H3,(H,13,14)/t11-/m1/s1. The van der Waals surface area contributed by atoms with Crippen LogP contribution in [-0.2, 0) is 16.9 Å². The number of carbonyl (C=O) groups is 1. The number of carboxylic acid groups (broad SMARTS) is 1. The van der Waals surface area contributed by atoms with Crippen LogP contribution in [0.25, 0.3) is 0 Å². The minimum Gasteiger partial charge on any atom is -0.477 e. The molecule has 15 heavy (non-hydrogen) atoms. The van der Waals surface area contributed by atoms with E-state index in [1.54, 1.807) is 0 Å². The molecule has 4 nitrogen and oxygen atoms in total. The van der Waals surface area contributed by atoms with Crippen LogP contribution in [0.2, 0.25) is 0 Å². The largest absolute Gasteiger partial charge is 0.477 e. The Morgan fingerprint density at radius 1 is 1.73 bits per heavy atom. The third-order valence-corrected chi connectivity index (χ3v) is 3.04. The summed E-state index contributed by atoms with van der Waals surface area (Å²) in [5.74, 6) is -0.990. The molecule has 80 valence electrons. The van der Waals surface area contributed by atoms with Crippen LogP contribution in [0.15, 0.2) is 12.3 Å². The number of carboxylic acids is 1. The Balaban J connectivity index is 2.57. The molecule has 0 saturated carbocycles. The van der Waals surface area contributed by atoms with Crippen LogP contribution in [0.5, 0.6) is 0 Å². The highest BCUT2D eigenvalue weighted by Gasteiger charge is 2.36. The fraction of sp³-hybridized carbons (Fsp3) is 0.455. The summed E-state index contributed by atoms with van der Waals surface area (Å²) < 4.78 is 5.65. The first kappa shape index (κ1) is 10.1. The fourth-order valence-corrected chi connectivity index (χ4v) is 1.92. The Morgan fingerprint density at radius 2 is 2.47 bits per heavy atom. The van der Waals surface area contributed by atoms with E-state index in [0.717, 1.165) is 12.0 Å². The van der Waals surface area contributed by atoms with Crippen molar-refractivity contribution in [1.29, 1.82) is 0 Å². The van der Waals surface area contributed by atoms with Gasteiger partial charge >= 0.3 is 5.97 Å². The van der Waals surface area contributed by atoms with Crippen molar-refractivity contribution < 1.29 is 14.6 Å². The Bertz CT molecular complexity index is 416. The monoisotopic (exact) mass is 207 g/mol.